The van der Waals surface area contributed by atoms with E-state index < -0.39 is 22.4 Å². The topological polar surface area (TPSA) is 83.5 Å². The van der Waals surface area contributed by atoms with Crippen LogP contribution in [0.3, 0.4) is 0 Å². The molecule has 1 aromatic rings. The van der Waals surface area contributed by atoms with Crippen molar-refractivity contribution in [2.45, 2.75) is 43.9 Å². The summed E-state index contributed by atoms with van der Waals surface area (Å²) in [6.45, 7) is 0. The first-order valence-electron chi connectivity index (χ1n) is 7.34. The van der Waals surface area contributed by atoms with E-state index in [0.717, 1.165) is 0 Å². The standard InChI is InChI=1S/C15H19F2NO4S/c16-15(17)12-4-1-10(2-5-12)9-23(21,22)18-13-6-3-11(7-13)8-14(19)20/h1-2,4-5,11,13,15,18H,3,6-9H2,(H,19,20)/t11-,13+/m1/s1. The number of hydrogen-bond acceptors (Lipinski definition) is 3. The number of nitrogens with one attached hydrogen (secondary N) is 1. The Balaban J connectivity index is 1.91. The summed E-state index contributed by atoms with van der Waals surface area (Å²) in [6, 6.07) is 4.93. The summed E-state index contributed by atoms with van der Waals surface area (Å²) < 4.78 is 51.8. The number of hydrogen-bond donors (Lipinski definition) is 2. The smallest absolute Gasteiger partial charge is 0.303 e. The molecule has 0 bridgehead atoms. The number of halogens is 2. The van der Waals surface area contributed by atoms with Gasteiger partial charge in [0.05, 0.1) is 5.75 Å². The maximum atomic E-state index is 12.5. The summed E-state index contributed by atoms with van der Waals surface area (Å²) in [6.07, 6.45) is -0.726. The molecule has 2 rings (SSSR count). The fourth-order valence-corrected chi connectivity index (χ4v) is 4.33. The van der Waals surface area contributed by atoms with E-state index >= 15 is 0 Å². The van der Waals surface area contributed by atoms with Gasteiger partial charge >= 0.3 is 5.97 Å². The summed E-state index contributed by atoms with van der Waals surface area (Å²) in [5.41, 5.74) is 0.286. The number of aliphatic carboxylic acids is 1. The van der Waals surface area contributed by atoms with Crippen LogP contribution in [0.4, 0.5) is 8.78 Å². The maximum Gasteiger partial charge on any atom is 0.303 e. The predicted octanol–water partition coefficient (Wildman–Crippen LogP) is 2.69. The zero-order valence-electron chi connectivity index (χ0n) is 12.4. The normalized spacial score (nSPS) is 21.7. The van der Waals surface area contributed by atoms with Crippen molar-refractivity contribution in [3.05, 3.63) is 35.4 Å². The Bertz CT molecular complexity index is 646. The lowest BCUT2D eigenvalue weighted by atomic mass is 10.0. The second-order valence-electron chi connectivity index (χ2n) is 5.89. The van der Waals surface area contributed by atoms with Gasteiger partial charge in [0.25, 0.3) is 6.43 Å². The van der Waals surface area contributed by atoms with Gasteiger partial charge in [-0.25, -0.2) is 21.9 Å². The van der Waals surface area contributed by atoms with Crippen molar-refractivity contribution in [2.75, 3.05) is 0 Å². The first-order valence-corrected chi connectivity index (χ1v) is 8.99. The first kappa shape index (κ1) is 17.8. The van der Waals surface area contributed by atoms with Crippen molar-refractivity contribution in [1.82, 2.24) is 4.72 Å². The van der Waals surface area contributed by atoms with Gasteiger partial charge < -0.3 is 5.11 Å². The minimum Gasteiger partial charge on any atom is -0.481 e. The van der Waals surface area contributed by atoms with Gasteiger partial charge in [-0.2, -0.15) is 0 Å². The molecule has 1 saturated carbocycles. The van der Waals surface area contributed by atoms with Crippen LogP contribution >= 0.6 is 0 Å². The lowest BCUT2D eigenvalue weighted by Gasteiger charge is -2.13. The van der Waals surface area contributed by atoms with Crippen molar-refractivity contribution in [1.29, 1.82) is 0 Å². The third-order valence-corrected chi connectivity index (χ3v) is 5.34. The zero-order chi connectivity index (χ0) is 17.0. The van der Waals surface area contributed by atoms with Gasteiger partial charge in [-0.05, 0) is 30.7 Å². The Labute approximate surface area is 133 Å². The molecule has 1 aromatic carbocycles. The van der Waals surface area contributed by atoms with Gasteiger partial charge in [0.15, 0.2) is 0 Å². The second kappa shape index (κ2) is 7.35. The van der Waals surface area contributed by atoms with Crippen LogP contribution in [0.2, 0.25) is 0 Å². The molecule has 0 aliphatic heterocycles. The van der Waals surface area contributed by atoms with Crippen LogP contribution in [0.1, 0.15) is 43.2 Å². The number of rotatable bonds is 7. The molecule has 2 N–H and O–H groups in total. The Morgan fingerprint density at radius 1 is 1.26 bits per heavy atom. The molecule has 0 saturated heterocycles. The molecule has 2 atom stereocenters. The molecule has 8 heteroatoms. The van der Waals surface area contributed by atoms with Crippen LogP contribution < -0.4 is 4.72 Å². The molecule has 23 heavy (non-hydrogen) atoms. The lowest BCUT2D eigenvalue weighted by molar-refractivity contribution is -0.138. The monoisotopic (exact) mass is 347 g/mol. The van der Waals surface area contributed by atoms with Gasteiger partial charge in [0.2, 0.25) is 10.0 Å². The van der Waals surface area contributed by atoms with Gasteiger partial charge in [-0.1, -0.05) is 24.3 Å². The number of alkyl halides is 2. The van der Waals surface area contributed by atoms with Crippen LogP contribution in [0.5, 0.6) is 0 Å². The van der Waals surface area contributed by atoms with Crippen LogP contribution in [0, 0.1) is 5.92 Å². The number of carboxylic acid groups (broad SMARTS) is 1. The molecule has 1 aliphatic rings. The molecular weight excluding hydrogens is 328 g/mol. The molecular formula is C15H19F2NO4S. The van der Waals surface area contributed by atoms with E-state index in [1.54, 1.807) is 0 Å². The third-order valence-electron chi connectivity index (χ3n) is 3.94. The van der Waals surface area contributed by atoms with E-state index in [1.807, 2.05) is 0 Å². The SMILES string of the molecule is O=C(O)C[C@@H]1CC[C@H](NS(=O)(=O)Cc2ccc(C(F)F)cc2)C1. The number of sulfonamides is 1. The zero-order valence-corrected chi connectivity index (χ0v) is 13.2. The Hall–Kier alpha value is -1.54. The van der Waals surface area contributed by atoms with Gasteiger partial charge in [0.1, 0.15) is 0 Å². The van der Waals surface area contributed by atoms with Crippen molar-refractivity contribution < 1.29 is 27.1 Å². The van der Waals surface area contributed by atoms with Crippen LogP contribution in [0.15, 0.2) is 24.3 Å². The predicted molar refractivity (Wildman–Crippen MR) is 80.5 cm³/mol. The fourth-order valence-electron chi connectivity index (χ4n) is 2.89. The highest BCUT2D eigenvalue weighted by Crippen LogP contribution is 2.29. The largest absolute Gasteiger partial charge is 0.481 e. The minimum atomic E-state index is -3.59. The molecule has 0 aromatic heterocycles. The summed E-state index contributed by atoms with van der Waals surface area (Å²) >= 11 is 0. The molecule has 1 fully saturated rings. The van der Waals surface area contributed by atoms with E-state index in [1.165, 1.54) is 24.3 Å². The number of benzene rings is 1. The maximum absolute atomic E-state index is 12.5. The summed E-state index contributed by atoms with van der Waals surface area (Å²) in [5.74, 6) is -1.17. The second-order valence-corrected chi connectivity index (χ2v) is 7.65. The Morgan fingerprint density at radius 2 is 1.91 bits per heavy atom. The van der Waals surface area contributed by atoms with E-state index in [9.17, 15) is 22.0 Å². The van der Waals surface area contributed by atoms with Gasteiger partial charge in [-0.3, -0.25) is 4.79 Å². The molecule has 1 aliphatic carbocycles. The third kappa shape index (κ3) is 5.54. The molecule has 0 heterocycles. The molecule has 0 unspecified atom stereocenters. The molecule has 5 nitrogen and oxygen atoms in total. The van der Waals surface area contributed by atoms with Gasteiger partial charge in [0, 0.05) is 18.0 Å². The van der Waals surface area contributed by atoms with Gasteiger partial charge in [-0.15, -0.1) is 0 Å². The van der Waals surface area contributed by atoms with E-state index in [-0.39, 0.29) is 29.7 Å². The molecule has 0 amide bonds. The Kier molecular flexibility index (Phi) is 5.69. The average Bonchev–Trinajstić information content (AvgIpc) is 2.84. The quantitative estimate of drug-likeness (QED) is 0.794. The van der Waals surface area contributed by atoms with Crippen molar-refractivity contribution in [3.8, 4) is 0 Å². The fraction of sp³-hybridized carbons (Fsp3) is 0.533. The van der Waals surface area contributed by atoms with E-state index in [4.69, 9.17) is 5.11 Å². The van der Waals surface area contributed by atoms with Crippen molar-refractivity contribution in [2.24, 2.45) is 5.92 Å². The van der Waals surface area contributed by atoms with Crippen LogP contribution in [-0.2, 0) is 20.6 Å². The number of carboxylic acids is 1. The van der Waals surface area contributed by atoms with E-state index in [2.05, 4.69) is 4.72 Å². The average molecular weight is 347 g/mol. The summed E-state index contributed by atoms with van der Waals surface area (Å²) in [4.78, 5) is 10.7. The van der Waals surface area contributed by atoms with Crippen molar-refractivity contribution >= 4 is 16.0 Å². The van der Waals surface area contributed by atoms with Crippen molar-refractivity contribution in [3.63, 3.8) is 0 Å². The van der Waals surface area contributed by atoms with E-state index in [0.29, 0.717) is 24.8 Å². The Morgan fingerprint density at radius 3 is 2.48 bits per heavy atom. The summed E-state index contributed by atoms with van der Waals surface area (Å²) in [7, 11) is -3.59. The summed E-state index contributed by atoms with van der Waals surface area (Å²) in [5, 5.41) is 8.76. The molecule has 0 radical (unpaired) electrons. The van der Waals surface area contributed by atoms with Crippen LogP contribution in [-0.4, -0.2) is 25.5 Å². The minimum absolute atomic E-state index is 0.00877. The highest BCUT2D eigenvalue weighted by Gasteiger charge is 2.29. The first-order chi connectivity index (χ1) is 10.7. The molecule has 0 spiro atoms. The lowest BCUT2D eigenvalue weighted by Crippen LogP contribution is -2.34. The molecule has 128 valence electrons. The highest BCUT2D eigenvalue weighted by atomic mass is 32.2. The van der Waals surface area contributed by atoms with Crippen LogP contribution in [0.25, 0.3) is 0 Å². The number of carbonyl (C=O) groups is 1. The highest BCUT2D eigenvalue weighted by molar-refractivity contribution is 7.88.